The first kappa shape index (κ1) is 12.0. The molecular weight excluding hydrogens is 192 g/mol. The maximum atomic E-state index is 11.1. The van der Waals surface area contributed by atoms with Gasteiger partial charge in [0.2, 0.25) is 0 Å². The van der Waals surface area contributed by atoms with Gasteiger partial charge in [0.1, 0.15) is 0 Å². The monoisotopic (exact) mass is 210 g/mol. The Balaban J connectivity index is 2.14. The lowest BCUT2D eigenvalue weighted by molar-refractivity contribution is -0.153. The quantitative estimate of drug-likeness (QED) is 0.293. The summed E-state index contributed by atoms with van der Waals surface area (Å²) in [5.41, 5.74) is 0. The highest BCUT2D eigenvalue weighted by Gasteiger charge is 2.31. The Labute approximate surface area is 90.5 Å². The third-order valence-electron chi connectivity index (χ3n) is 2.52. The van der Waals surface area contributed by atoms with Crippen LogP contribution < -0.4 is 0 Å². The van der Waals surface area contributed by atoms with Gasteiger partial charge in [-0.15, -0.1) is 0 Å². The molecule has 1 aliphatic heterocycles. The van der Waals surface area contributed by atoms with Gasteiger partial charge >= 0.3 is 11.9 Å². The maximum Gasteiger partial charge on any atom is 0.317 e. The molecule has 0 aliphatic carbocycles. The molecule has 0 spiro atoms. The molecule has 84 valence electrons. The van der Waals surface area contributed by atoms with Crippen molar-refractivity contribution in [3.8, 4) is 0 Å². The van der Waals surface area contributed by atoms with Gasteiger partial charge in [-0.2, -0.15) is 0 Å². The molecule has 1 unspecified atom stereocenters. The number of allylic oxidation sites excluding steroid dienone is 2. The normalized spacial score (nSPS) is 21.3. The number of ether oxygens (including phenoxy) is 1. The van der Waals surface area contributed by atoms with Gasteiger partial charge in [0.05, 0.1) is 12.3 Å². The van der Waals surface area contributed by atoms with E-state index in [1.807, 2.05) is 6.08 Å². The molecule has 0 N–H and O–H groups in total. The Bertz CT molecular complexity index is 256. The van der Waals surface area contributed by atoms with E-state index < -0.39 is 0 Å². The zero-order valence-corrected chi connectivity index (χ0v) is 9.20. The van der Waals surface area contributed by atoms with Crippen LogP contribution in [0.1, 0.15) is 45.4 Å². The first-order valence-corrected chi connectivity index (χ1v) is 5.63. The molecule has 15 heavy (non-hydrogen) atoms. The fraction of sp³-hybridized carbons (Fsp3) is 0.667. The van der Waals surface area contributed by atoms with Gasteiger partial charge in [0.15, 0.2) is 0 Å². The van der Waals surface area contributed by atoms with Crippen molar-refractivity contribution in [2.75, 3.05) is 0 Å². The Hall–Kier alpha value is -1.12. The Morgan fingerprint density at radius 3 is 2.73 bits per heavy atom. The molecule has 1 heterocycles. The van der Waals surface area contributed by atoms with E-state index in [1.54, 1.807) is 0 Å². The number of rotatable bonds is 6. The van der Waals surface area contributed by atoms with Gasteiger partial charge in [-0.25, -0.2) is 0 Å². The maximum absolute atomic E-state index is 11.1. The van der Waals surface area contributed by atoms with Gasteiger partial charge < -0.3 is 4.74 Å². The number of esters is 2. The summed E-state index contributed by atoms with van der Waals surface area (Å²) in [4.78, 5) is 21.8. The van der Waals surface area contributed by atoms with Gasteiger partial charge in [0.25, 0.3) is 0 Å². The molecule has 1 rings (SSSR count). The highest BCUT2D eigenvalue weighted by molar-refractivity contribution is 5.94. The summed E-state index contributed by atoms with van der Waals surface area (Å²) in [5.74, 6) is -0.984. The summed E-state index contributed by atoms with van der Waals surface area (Å²) >= 11 is 0. The molecule has 3 heteroatoms. The summed E-state index contributed by atoms with van der Waals surface area (Å²) in [6.07, 6.45) is 9.68. The minimum absolute atomic E-state index is 0.236. The third-order valence-corrected chi connectivity index (χ3v) is 2.52. The lowest BCUT2D eigenvalue weighted by Crippen LogP contribution is -2.05. The zero-order chi connectivity index (χ0) is 11.1. The van der Waals surface area contributed by atoms with Crippen LogP contribution in [0.2, 0.25) is 0 Å². The Morgan fingerprint density at radius 1 is 1.33 bits per heavy atom. The van der Waals surface area contributed by atoms with Crippen LogP contribution in [0.25, 0.3) is 0 Å². The summed E-state index contributed by atoms with van der Waals surface area (Å²) in [6, 6.07) is 0. The number of carbonyl (C=O) groups is 2. The van der Waals surface area contributed by atoms with E-state index in [0.29, 0.717) is 6.42 Å². The van der Waals surface area contributed by atoms with Crippen molar-refractivity contribution in [2.45, 2.75) is 45.4 Å². The topological polar surface area (TPSA) is 43.4 Å². The van der Waals surface area contributed by atoms with E-state index in [2.05, 4.69) is 17.7 Å². The van der Waals surface area contributed by atoms with Gasteiger partial charge in [-0.05, 0) is 19.3 Å². The molecule has 0 aromatic heterocycles. The molecule has 0 radical (unpaired) electrons. The van der Waals surface area contributed by atoms with Crippen molar-refractivity contribution < 1.29 is 14.3 Å². The van der Waals surface area contributed by atoms with Gasteiger partial charge in [-0.1, -0.05) is 31.9 Å². The van der Waals surface area contributed by atoms with Crippen LogP contribution in [0.4, 0.5) is 0 Å². The van der Waals surface area contributed by atoms with Gasteiger partial charge in [-0.3, -0.25) is 9.59 Å². The van der Waals surface area contributed by atoms with Crippen LogP contribution in [-0.4, -0.2) is 11.9 Å². The van der Waals surface area contributed by atoms with Crippen LogP contribution in [0, 0.1) is 5.92 Å². The van der Waals surface area contributed by atoms with Crippen molar-refractivity contribution >= 4 is 11.9 Å². The van der Waals surface area contributed by atoms with Crippen LogP contribution in [0.3, 0.4) is 0 Å². The predicted octanol–water partition coefficient (Wildman–Crippen LogP) is 2.60. The highest BCUT2D eigenvalue weighted by Crippen LogP contribution is 2.19. The third kappa shape index (κ3) is 4.28. The predicted molar refractivity (Wildman–Crippen MR) is 57.1 cm³/mol. The minimum Gasteiger partial charge on any atom is -0.393 e. The standard InChI is InChI=1S/C12H18O3/c1-2-3-4-5-6-7-8-10-9-11(13)15-12(10)14/h6-7,10H,2-5,8-9H2,1H3/b7-6+. The molecule has 1 aliphatic rings. The molecule has 0 bridgehead atoms. The van der Waals surface area contributed by atoms with E-state index in [1.165, 1.54) is 19.3 Å². The van der Waals surface area contributed by atoms with E-state index in [4.69, 9.17) is 0 Å². The lowest BCUT2D eigenvalue weighted by Gasteiger charge is -1.98. The molecule has 1 fully saturated rings. The summed E-state index contributed by atoms with van der Waals surface area (Å²) < 4.78 is 4.46. The van der Waals surface area contributed by atoms with Crippen molar-refractivity contribution in [3.63, 3.8) is 0 Å². The van der Waals surface area contributed by atoms with Crippen molar-refractivity contribution in [2.24, 2.45) is 5.92 Å². The fourth-order valence-corrected chi connectivity index (χ4v) is 1.59. The molecule has 3 nitrogen and oxygen atoms in total. The molecule has 1 atom stereocenters. The average molecular weight is 210 g/mol. The number of hydrogen-bond acceptors (Lipinski definition) is 3. The second-order valence-electron chi connectivity index (χ2n) is 3.90. The molecule has 0 aromatic carbocycles. The zero-order valence-electron chi connectivity index (χ0n) is 9.20. The van der Waals surface area contributed by atoms with Crippen molar-refractivity contribution in [1.29, 1.82) is 0 Å². The number of cyclic esters (lactones) is 2. The second kappa shape index (κ2) is 6.38. The van der Waals surface area contributed by atoms with Crippen LogP contribution >= 0.6 is 0 Å². The molecule has 0 aromatic rings. The number of unbranched alkanes of at least 4 members (excludes halogenated alkanes) is 3. The van der Waals surface area contributed by atoms with E-state index in [9.17, 15) is 9.59 Å². The SMILES string of the molecule is CCCCC/C=C/CC1CC(=O)OC1=O. The molecular formula is C12H18O3. The molecule has 0 amide bonds. The minimum atomic E-state index is -0.385. The fourth-order valence-electron chi connectivity index (χ4n) is 1.59. The first-order valence-electron chi connectivity index (χ1n) is 5.63. The van der Waals surface area contributed by atoms with E-state index in [-0.39, 0.29) is 24.3 Å². The lowest BCUT2D eigenvalue weighted by atomic mass is 10.0. The summed E-state index contributed by atoms with van der Waals surface area (Å²) in [5, 5.41) is 0. The van der Waals surface area contributed by atoms with Crippen LogP contribution in [-0.2, 0) is 14.3 Å². The number of carbonyl (C=O) groups excluding carboxylic acids is 2. The van der Waals surface area contributed by atoms with E-state index in [0.717, 1.165) is 6.42 Å². The Morgan fingerprint density at radius 2 is 2.13 bits per heavy atom. The van der Waals surface area contributed by atoms with Crippen LogP contribution in [0.5, 0.6) is 0 Å². The van der Waals surface area contributed by atoms with Crippen LogP contribution in [0.15, 0.2) is 12.2 Å². The Kier molecular flexibility index (Phi) is 5.08. The average Bonchev–Trinajstić information content (AvgIpc) is 2.51. The summed E-state index contributed by atoms with van der Waals surface area (Å²) in [7, 11) is 0. The van der Waals surface area contributed by atoms with Crippen molar-refractivity contribution in [1.82, 2.24) is 0 Å². The smallest absolute Gasteiger partial charge is 0.317 e. The molecule has 0 saturated carbocycles. The molecule has 1 saturated heterocycles. The highest BCUT2D eigenvalue weighted by atomic mass is 16.6. The summed E-state index contributed by atoms with van der Waals surface area (Å²) in [6.45, 7) is 2.17. The van der Waals surface area contributed by atoms with Crippen molar-refractivity contribution in [3.05, 3.63) is 12.2 Å². The second-order valence-corrected chi connectivity index (χ2v) is 3.90. The first-order chi connectivity index (χ1) is 7.24. The van der Waals surface area contributed by atoms with Gasteiger partial charge in [0, 0.05) is 0 Å². The number of hydrogen-bond donors (Lipinski definition) is 0. The largest absolute Gasteiger partial charge is 0.393 e. The van der Waals surface area contributed by atoms with E-state index >= 15 is 0 Å².